The quantitative estimate of drug-likeness (QED) is 0.649. The lowest BCUT2D eigenvalue weighted by molar-refractivity contribution is -0.384. The van der Waals surface area contributed by atoms with Gasteiger partial charge >= 0.3 is 0 Å². The highest BCUT2D eigenvalue weighted by Gasteiger charge is 2.13. The number of aromatic nitrogens is 2. The van der Waals surface area contributed by atoms with E-state index in [1.165, 1.54) is 18.5 Å². The predicted octanol–water partition coefficient (Wildman–Crippen LogP) is 1.52. The highest BCUT2D eigenvalue weighted by molar-refractivity contribution is 5.85. The summed E-state index contributed by atoms with van der Waals surface area (Å²) in [5, 5.41) is 14.3. The summed E-state index contributed by atoms with van der Waals surface area (Å²) in [7, 11) is 1.82. The maximum Gasteiger partial charge on any atom is 0.270 e. The zero-order valence-electron chi connectivity index (χ0n) is 10.7. The number of hydrogen-bond donors (Lipinski definition) is 1. The van der Waals surface area contributed by atoms with Crippen LogP contribution in [0.5, 0.6) is 5.88 Å². The highest BCUT2D eigenvalue weighted by Crippen LogP contribution is 2.26. The molecule has 0 fully saturated rings. The van der Waals surface area contributed by atoms with Gasteiger partial charge < -0.3 is 10.1 Å². The molecule has 0 aliphatic carbocycles. The van der Waals surface area contributed by atoms with E-state index in [0.29, 0.717) is 23.3 Å². The first-order valence-electron chi connectivity index (χ1n) is 5.82. The van der Waals surface area contributed by atoms with Crippen LogP contribution in [-0.4, -0.2) is 34.6 Å². The van der Waals surface area contributed by atoms with E-state index in [-0.39, 0.29) is 11.8 Å². The molecule has 19 heavy (non-hydrogen) atoms. The van der Waals surface area contributed by atoms with E-state index in [1.807, 2.05) is 14.0 Å². The Hall–Kier alpha value is -2.28. The van der Waals surface area contributed by atoms with E-state index in [0.717, 1.165) is 0 Å². The van der Waals surface area contributed by atoms with Crippen LogP contribution in [0.3, 0.4) is 0 Å². The molecule has 0 bridgehead atoms. The first kappa shape index (κ1) is 13.2. The fourth-order valence-electron chi connectivity index (χ4n) is 1.75. The van der Waals surface area contributed by atoms with Crippen molar-refractivity contribution in [1.29, 1.82) is 0 Å². The van der Waals surface area contributed by atoms with Crippen LogP contribution >= 0.6 is 0 Å². The zero-order valence-corrected chi connectivity index (χ0v) is 10.7. The molecule has 0 amide bonds. The SMILES string of the molecule is CNCC(C)Oc1ncnc2ccc([N+](=O)[O-])cc12. The number of non-ortho nitro benzene ring substituents is 1. The minimum atomic E-state index is -0.451. The standard InChI is InChI=1S/C12H14N4O3/c1-8(6-13-2)19-12-10-5-9(16(17)18)3-4-11(10)14-7-15-12/h3-5,7-8,13H,6H2,1-2H3. The third-order valence-electron chi connectivity index (χ3n) is 2.60. The average molecular weight is 262 g/mol. The molecule has 7 nitrogen and oxygen atoms in total. The van der Waals surface area contributed by atoms with Gasteiger partial charge in [0.1, 0.15) is 12.4 Å². The molecule has 2 rings (SSSR count). The number of ether oxygens (including phenoxy) is 1. The zero-order chi connectivity index (χ0) is 13.8. The lowest BCUT2D eigenvalue weighted by Gasteiger charge is -2.14. The lowest BCUT2D eigenvalue weighted by Crippen LogP contribution is -2.26. The summed E-state index contributed by atoms with van der Waals surface area (Å²) in [6, 6.07) is 4.43. The fraction of sp³-hybridized carbons (Fsp3) is 0.333. The van der Waals surface area contributed by atoms with Gasteiger partial charge in [0, 0.05) is 18.7 Å². The summed E-state index contributed by atoms with van der Waals surface area (Å²) >= 11 is 0. The van der Waals surface area contributed by atoms with Crippen LogP contribution in [0.15, 0.2) is 24.5 Å². The summed E-state index contributed by atoms with van der Waals surface area (Å²) in [6.07, 6.45) is 1.29. The third-order valence-corrected chi connectivity index (χ3v) is 2.60. The maximum atomic E-state index is 10.8. The number of nitrogens with zero attached hydrogens (tertiary/aromatic N) is 3. The predicted molar refractivity (Wildman–Crippen MR) is 70.2 cm³/mol. The Kier molecular flexibility index (Phi) is 3.86. The average Bonchev–Trinajstić information content (AvgIpc) is 2.38. The first-order chi connectivity index (χ1) is 9.11. The van der Waals surface area contributed by atoms with Crippen molar-refractivity contribution in [3.63, 3.8) is 0 Å². The van der Waals surface area contributed by atoms with Crippen molar-refractivity contribution < 1.29 is 9.66 Å². The van der Waals surface area contributed by atoms with Crippen molar-refractivity contribution in [3.05, 3.63) is 34.6 Å². The Labute approximate surface area is 109 Å². The molecule has 2 aromatic rings. The van der Waals surface area contributed by atoms with Crippen molar-refractivity contribution in [2.75, 3.05) is 13.6 Å². The third kappa shape index (κ3) is 2.94. The molecule has 1 unspecified atom stereocenters. The Morgan fingerprint density at radius 1 is 1.47 bits per heavy atom. The van der Waals surface area contributed by atoms with Crippen molar-refractivity contribution in [2.24, 2.45) is 0 Å². The van der Waals surface area contributed by atoms with Gasteiger partial charge in [-0.15, -0.1) is 0 Å². The van der Waals surface area contributed by atoms with E-state index in [1.54, 1.807) is 6.07 Å². The molecular weight excluding hydrogens is 248 g/mol. The fourth-order valence-corrected chi connectivity index (χ4v) is 1.75. The van der Waals surface area contributed by atoms with Crippen LogP contribution in [-0.2, 0) is 0 Å². The van der Waals surface area contributed by atoms with Crippen molar-refractivity contribution in [2.45, 2.75) is 13.0 Å². The smallest absolute Gasteiger partial charge is 0.270 e. The Morgan fingerprint density at radius 3 is 2.95 bits per heavy atom. The molecule has 0 saturated carbocycles. The first-order valence-corrected chi connectivity index (χ1v) is 5.82. The number of fused-ring (bicyclic) bond motifs is 1. The number of nitro benzene ring substituents is 1. The maximum absolute atomic E-state index is 10.8. The summed E-state index contributed by atoms with van der Waals surface area (Å²) in [6.45, 7) is 2.54. The summed E-state index contributed by atoms with van der Waals surface area (Å²) in [4.78, 5) is 18.5. The second-order valence-corrected chi connectivity index (χ2v) is 4.12. The summed E-state index contributed by atoms with van der Waals surface area (Å²) < 4.78 is 5.67. The second-order valence-electron chi connectivity index (χ2n) is 4.12. The summed E-state index contributed by atoms with van der Waals surface area (Å²) in [5.74, 6) is 0.358. The van der Waals surface area contributed by atoms with Gasteiger partial charge in [-0.3, -0.25) is 10.1 Å². The molecule has 0 saturated heterocycles. The normalized spacial score (nSPS) is 12.3. The van der Waals surface area contributed by atoms with Crippen molar-refractivity contribution in [1.82, 2.24) is 15.3 Å². The Morgan fingerprint density at radius 2 is 2.26 bits per heavy atom. The molecule has 1 aromatic carbocycles. The molecule has 7 heteroatoms. The van der Waals surface area contributed by atoms with Gasteiger partial charge in [0.25, 0.3) is 5.69 Å². The van der Waals surface area contributed by atoms with Crippen LogP contribution in [0.2, 0.25) is 0 Å². The van der Waals surface area contributed by atoms with E-state index in [9.17, 15) is 10.1 Å². The van der Waals surface area contributed by atoms with Crippen LogP contribution in [0.4, 0.5) is 5.69 Å². The minimum Gasteiger partial charge on any atom is -0.473 e. The van der Waals surface area contributed by atoms with E-state index >= 15 is 0 Å². The van der Waals surface area contributed by atoms with Gasteiger partial charge in [0.2, 0.25) is 5.88 Å². The van der Waals surface area contributed by atoms with Crippen LogP contribution in [0, 0.1) is 10.1 Å². The van der Waals surface area contributed by atoms with E-state index < -0.39 is 4.92 Å². The number of nitro groups is 1. The number of hydrogen-bond acceptors (Lipinski definition) is 6. The molecule has 100 valence electrons. The largest absolute Gasteiger partial charge is 0.473 e. The number of benzene rings is 1. The van der Waals surface area contributed by atoms with Crippen LogP contribution in [0.1, 0.15) is 6.92 Å². The van der Waals surface area contributed by atoms with Crippen molar-refractivity contribution in [3.8, 4) is 5.88 Å². The van der Waals surface area contributed by atoms with Crippen LogP contribution in [0.25, 0.3) is 10.9 Å². The molecule has 0 radical (unpaired) electrons. The molecule has 1 heterocycles. The Balaban J connectivity index is 2.42. The van der Waals surface area contributed by atoms with Gasteiger partial charge in [-0.1, -0.05) is 0 Å². The Bertz CT molecular complexity index is 603. The molecule has 0 spiro atoms. The number of rotatable bonds is 5. The van der Waals surface area contributed by atoms with E-state index in [4.69, 9.17) is 4.74 Å². The molecule has 1 aromatic heterocycles. The van der Waals surface area contributed by atoms with Gasteiger partial charge in [-0.05, 0) is 20.0 Å². The van der Waals surface area contributed by atoms with Gasteiger partial charge in [-0.25, -0.2) is 9.97 Å². The molecule has 0 aliphatic heterocycles. The van der Waals surface area contributed by atoms with Crippen molar-refractivity contribution >= 4 is 16.6 Å². The van der Waals surface area contributed by atoms with Gasteiger partial charge in [0.15, 0.2) is 0 Å². The molecule has 0 aliphatic rings. The number of nitrogens with one attached hydrogen (secondary N) is 1. The molecule has 1 N–H and O–H groups in total. The second kappa shape index (κ2) is 5.57. The summed E-state index contributed by atoms with van der Waals surface area (Å²) in [5.41, 5.74) is 0.612. The highest BCUT2D eigenvalue weighted by atomic mass is 16.6. The molecular formula is C12H14N4O3. The van der Waals surface area contributed by atoms with E-state index in [2.05, 4.69) is 15.3 Å². The van der Waals surface area contributed by atoms with Crippen LogP contribution < -0.4 is 10.1 Å². The monoisotopic (exact) mass is 262 g/mol. The van der Waals surface area contributed by atoms with Gasteiger partial charge in [-0.2, -0.15) is 0 Å². The minimum absolute atomic E-state index is 0.00609. The number of likely N-dealkylation sites (N-methyl/N-ethyl adjacent to an activating group) is 1. The van der Waals surface area contributed by atoms with Gasteiger partial charge in [0.05, 0.1) is 15.8 Å². The lowest BCUT2D eigenvalue weighted by atomic mass is 10.2. The molecule has 1 atom stereocenters. The topological polar surface area (TPSA) is 90.2 Å².